The van der Waals surface area contributed by atoms with Crippen LogP contribution in [0.3, 0.4) is 0 Å². The zero-order valence-electron chi connectivity index (χ0n) is 14.8. The van der Waals surface area contributed by atoms with Gasteiger partial charge in [-0.3, -0.25) is 9.69 Å². The van der Waals surface area contributed by atoms with Gasteiger partial charge < -0.3 is 10.4 Å². The summed E-state index contributed by atoms with van der Waals surface area (Å²) in [5.41, 5.74) is 2.58. The summed E-state index contributed by atoms with van der Waals surface area (Å²) in [5.74, 6) is -0.375. The van der Waals surface area contributed by atoms with E-state index in [1.807, 2.05) is 24.3 Å². The maximum Gasteiger partial charge on any atom is 0.242 e. The standard InChI is InChI=1S/C21H25FN2O2/c22-19-9-7-18(8-10-19)20(24-11-2-1-3-12-24)21(26)23-14-16-5-4-6-17(13-16)15-25/h4-10,13,20,25H,1-3,11-12,14-15H2,(H,23,26). The molecule has 0 saturated carbocycles. The fourth-order valence-corrected chi connectivity index (χ4v) is 3.47. The molecule has 0 aromatic heterocycles. The van der Waals surface area contributed by atoms with Gasteiger partial charge in [-0.05, 0) is 54.8 Å². The first kappa shape index (κ1) is 18.5. The Bertz CT molecular complexity index is 727. The van der Waals surface area contributed by atoms with Crippen LogP contribution in [-0.4, -0.2) is 29.0 Å². The van der Waals surface area contributed by atoms with Crippen molar-refractivity contribution in [2.75, 3.05) is 13.1 Å². The Balaban J connectivity index is 1.74. The first-order valence-electron chi connectivity index (χ1n) is 9.13. The number of hydrogen-bond acceptors (Lipinski definition) is 3. The number of nitrogens with zero attached hydrogens (tertiary/aromatic N) is 1. The number of aliphatic hydroxyl groups is 1. The maximum atomic E-state index is 13.3. The van der Waals surface area contributed by atoms with Crippen molar-refractivity contribution in [1.29, 1.82) is 0 Å². The number of rotatable bonds is 6. The summed E-state index contributed by atoms with van der Waals surface area (Å²) in [5, 5.41) is 12.2. The lowest BCUT2D eigenvalue weighted by Crippen LogP contribution is -2.42. The number of nitrogens with one attached hydrogen (secondary N) is 1. The van der Waals surface area contributed by atoms with Gasteiger partial charge in [-0.15, -0.1) is 0 Å². The van der Waals surface area contributed by atoms with Crippen molar-refractivity contribution in [1.82, 2.24) is 10.2 Å². The SMILES string of the molecule is O=C(NCc1cccc(CO)c1)C(c1ccc(F)cc1)N1CCCCC1. The predicted octanol–water partition coefficient (Wildman–Crippen LogP) is 3.16. The predicted molar refractivity (Wildman–Crippen MR) is 98.8 cm³/mol. The molecule has 1 amide bonds. The van der Waals surface area contributed by atoms with Crippen LogP contribution in [0.15, 0.2) is 48.5 Å². The Kier molecular flexibility index (Phi) is 6.36. The van der Waals surface area contributed by atoms with Gasteiger partial charge in [0.25, 0.3) is 0 Å². The minimum atomic E-state index is -0.406. The molecule has 1 aliphatic heterocycles. The van der Waals surface area contributed by atoms with E-state index in [2.05, 4.69) is 10.2 Å². The van der Waals surface area contributed by atoms with E-state index in [4.69, 9.17) is 0 Å². The molecule has 138 valence electrons. The van der Waals surface area contributed by atoms with Crippen LogP contribution in [0.4, 0.5) is 4.39 Å². The highest BCUT2D eigenvalue weighted by molar-refractivity contribution is 5.83. The van der Waals surface area contributed by atoms with Crippen LogP contribution in [0.2, 0.25) is 0 Å². The average Bonchev–Trinajstić information content (AvgIpc) is 2.69. The highest BCUT2D eigenvalue weighted by Crippen LogP contribution is 2.25. The number of piperidine rings is 1. The molecular weight excluding hydrogens is 331 g/mol. The lowest BCUT2D eigenvalue weighted by atomic mass is 10.0. The number of amides is 1. The van der Waals surface area contributed by atoms with Gasteiger partial charge in [0.05, 0.1) is 6.61 Å². The third kappa shape index (κ3) is 4.68. The Morgan fingerprint density at radius 1 is 1.08 bits per heavy atom. The van der Waals surface area contributed by atoms with Crippen LogP contribution in [0.1, 0.15) is 42.0 Å². The van der Waals surface area contributed by atoms with Gasteiger partial charge in [0.15, 0.2) is 0 Å². The van der Waals surface area contributed by atoms with Gasteiger partial charge in [-0.25, -0.2) is 4.39 Å². The molecule has 1 atom stereocenters. The van der Waals surface area contributed by atoms with Gasteiger partial charge >= 0.3 is 0 Å². The third-order valence-electron chi connectivity index (χ3n) is 4.83. The van der Waals surface area contributed by atoms with Crippen LogP contribution in [0.5, 0.6) is 0 Å². The molecule has 1 heterocycles. The van der Waals surface area contributed by atoms with Crippen molar-refractivity contribution in [2.24, 2.45) is 0 Å². The first-order chi connectivity index (χ1) is 12.7. The second-order valence-electron chi connectivity index (χ2n) is 6.75. The number of carbonyl (C=O) groups is 1. The summed E-state index contributed by atoms with van der Waals surface area (Å²) < 4.78 is 13.3. The molecule has 4 nitrogen and oxygen atoms in total. The number of carbonyl (C=O) groups excluding carboxylic acids is 1. The second kappa shape index (κ2) is 8.92. The zero-order chi connectivity index (χ0) is 18.4. The van der Waals surface area contributed by atoms with Gasteiger partial charge in [0, 0.05) is 6.54 Å². The molecule has 2 N–H and O–H groups in total. The lowest BCUT2D eigenvalue weighted by molar-refractivity contribution is -0.127. The van der Waals surface area contributed by atoms with Gasteiger partial charge in [-0.2, -0.15) is 0 Å². The topological polar surface area (TPSA) is 52.6 Å². The van der Waals surface area contributed by atoms with E-state index < -0.39 is 6.04 Å². The summed E-state index contributed by atoms with van der Waals surface area (Å²) in [4.78, 5) is 15.1. The number of halogens is 1. The van der Waals surface area contributed by atoms with E-state index in [0.717, 1.165) is 42.6 Å². The normalized spacial score (nSPS) is 16.2. The van der Waals surface area contributed by atoms with E-state index in [9.17, 15) is 14.3 Å². The van der Waals surface area contributed by atoms with Crippen LogP contribution in [0.25, 0.3) is 0 Å². The molecule has 2 aromatic rings. The van der Waals surface area contributed by atoms with E-state index >= 15 is 0 Å². The second-order valence-corrected chi connectivity index (χ2v) is 6.75. The molecule has 0 radical (unpaired) electrons. The summed E-state index contributed by atoms with van der Waals surface area (Å²) >= 11 is 0. The van der Waals surface area contributed by atoms with Gasteiger partial charge in [0.2, 0.25) is 5.91 Å². The monoisotopic (exact) mass is 356 g/mol. The summed E-state index contributed by atoms with van der Waals surface area (Å²) in [6.45, 7) is 2.12. The molecule has 2 aromatic carbocycles. The van der Waals surface area contributed by atoms with Crippen LogP contribution in [-0.2, 0) is 17.9 Å². The minimum absolute atomic E-state index is 0.0201. The Hall–Kier alpha value is -2.24. The molecular formula is C21H25FN2O2. The van der Waals surface area contributed by atoms with E-state index in [1.54, 1.807) is 12.1 Å². The number of benzene rings is 2. The minimum Gasteiger partial charge on any atom is -0.392 e. The fourth-order valence-electron chi connectivity index (χ4n) is 3.47. The fraction of sp³-hybridized carbons (Fsp3) is 0.381. The molecule has 3 rings (SSSR count). The highest BCUT2D eigenvalue weighted by Gasteiger charge is 2.28. The first-order valence-corrected chi connectivity index (χ1v) is 9.13. The van der Waals surface area contributed by atoms with Crippen LogP contribution < -0.4 is 5.32 Å². The molecule has 1 unspecified atom stereocenters. The summed E-state index contributed by atoms with van der Waals surface area (Å²) in [6, 6.07) is 13.3. The third-order valence-corrected chi connectivity index (χ3v) is 4.83. The number of aliphatic hydroxyl groups excluding tert-OH is 1. The molecule has 0 spiro atoms. The lowest BCUT2D eigenvalue weighted by Gasteiger charge is -2.34. The van der Waals surface area contributed by atoms with E-state index in [-0.39, 0.29) is 18.3 Å². The largest absolute Gasteiger partial charge is 0.392 e. The Labute approximate surface area is 153 Å². The van der Waals surface area contributed by atoms with Crippen molar-refractivity contribution >= 4 is 5.91 Å². The van der Waals surface area contributed by atoms with Crippen molar-refractivity contribution in [2.45, 2.75) is 38.5 Å². The average molecular weight is 356 g/mol. The zero-order valence-corrected chi connectivity index (χ0v) is 14.8. The van der Waals surface area contributed by atoms with Crippen molar-refractivity contribution < 1.29 is 14.3 Å². The molecule has 1 fully saturated rings. The van der Waals surface area contributed by atoms with Gasteiger partial charge in [0.1, 0.15) is 11.9 Å². The van der Waals surface area contributed by atoms with Gasteiger partial charge in [-0.1, -0.05) is 42.8 Å². The van der Waals surface area contributed by atoms with E-state index in [1.165, 1.54) is 18.6 Å². The van der Waals surface area contributed by atoms with E-state index in [0.29, 0.717) is 6.54 Å². The van der Waals surface area contributed by atoms with Crippen molar-refractivity contribution in [3.05, 3.63) is 71.0 Å². The molecule has 1 aliphatic rings. The van der Waals surface area contributed by atoms with Crippen LogP contribution in [0, 0.1) is 5.82 Å². The molecule has 1 saturated heterocycles. The Morgan fingerprint density at radius 2 is 1.77 bits per heavy atom. The summed E-state index contributed by atoms with van der Waals surface area (Å²) in [7, 11) is 0. The quantitative estimate of drug-likeness (QED) is 0.836. The molecule has 5 heteroatoms. The smallest absolute Gasteiger partial charge is 0.242 e. The number of likely N-dealkylation sites (tertiary alicyclic amines) is 1. The van der Waals surface area contributed by atoms with Crippen molar-refractivity contribution in [3.8, 4) is 0 Å². The number of hydrogen-bond donors (Lipinski definition) is 2. The summed E-state index contributed by atoms with van der Waals surface area (Å²) in [6.07, 6.45) is 3.33. The van der Waals surface area contributed by atoms with Crippen LogP contribution >= 0.6 is 0 Å². The molecule has 0 aliphatic carbocycles. The highest BCUT2D eigenvalue weighted by atomic mass is 19.1. The van der Waals surface area contributed by atoms with Crippen molar-refractivity contribution in [3.63, 3.8) is 0 Å². The maximum absolute atomic E-state index is 13.3. The Morgan fingerprint density at radius 3 is 2.46 bits per heavy atom. The molecule has 0 bridgehead atoms. The molecule has 26 heavy (non-hydrogen) atoms.